The smallest absolute Gasteiger partial charge is 1.00 e. The minimum atomic E-state index is 0. The first-order chi connectivity index (χ1) is 9.91. The fourth-order valence-corrected chi connectivity index (χ4v) is 2.26. The van der Waals surface area contributed by atoms with E-state index in [0.717, 1.165) is 19.6 Å². The van der Waals surface area contributed by atoms with Gasteiger partial charge in [0, 0.05) is 0 Å². The predicted octanol–water partition coefficient (Wildman–Crippen LogP) is 2.04. The molecule has 0 rings (SSSR count). The van der Waals surface area contributed by atoms with Crippen molar-refractivity contribution >= 4 is 21.7 Å². The van der Waals surface area contributed by atoms with Gasteiger partial charge in [0.2, 0.25) is 0 Å². The van der Waals surface area contributed by atoms with E-state index in [1.54, 1.807) is 0 Å². The van der Waals surface area contributed by atoms with Crippen molar-refractivity contribution in [3.63, 3.8) is 0 Å². The molecule has 0 bridgehead atoms. The largest absolute Gasteiger partial charge is 1.00 e. The predicted molar refractivity (Wildman–Crippen MR) is 88.3 cm³/mol. The molecule has 0 saturated carbocycles. The third-order valence-electron chi connectivity index (χ3n) is 3.28. The van der Waals surface area contributed by atoms with E-state index in [4.69, 9.17) is 9.47 Å². The Labute approximate surface area is 162 Å². The van der Waals surface area contributed by atoms with Crippen LogP contribution in [0.1, 0.15) is 71.1 Å². The third-order valence-corrected chi connectivity index (χ3v) is 3.68. The molecule has 0 fully saturated rings. The standard InChI is InChI=1S/C17H33O2.HI.Mg/c1-3-5-7-9-10-11-12-14-16-19-17-18-15-13-8-6-4-2;;/h6,8H,2-5,7,9-17H2,1H3;1H;/q;;+1/p-1/b8-6+;;. The fourth-order valence-electron chi connectivity index (χ4n) is 2.02. The average molecular weight is 421 g/mol. The van der Waals surface area contributed by atoms with E-state index in [0.29, 0.717) is 6.79 Å². The minimum Gasteiger partial charge on any atom is -1.00 e. The van der Waals surface area contributed by atoms with Gasteiger partial charge < -0.3 is 24.0 Å². The van der Waals surface area contributed by atoms with E-state index in [1.807, 2.05) is 21.7 Å². The van der Waals surface area contributed by atoms with Crippen molar-refractivity contribution < 1.29 is 33.5 Å². The van der Waals surface area contributed by atoms with Gasteiger partial charge in [-0.1, -0.05) is 45.4 Å². The number of hydrogen-bond acceptors (Lipinski definition) is 2. The van der Waals surface area contributed by atoms with Crippen LogP contribution in [0.3, 0.4) is 0 Å². The second-order valence-electron chi connectivity index (χ2n) is 5.31. The average Bonchev–Trinajstić information content (AvgIpc) is 2.47. The van der Waals surface area contributed by atoms with E-state index in [-0.39, 0.29) is 24.0 Å². The van der Waals surface area contributed by atoms with Crippen molar-refractivity contribution in [2.24, 2.45) is 0 Å². The van der Waals surface area contributed by atoms with Crippen LogP contribution in [0.5, 0.6) is 0 Å². The van der Waals surface area contributed by atoms with Gasteiger partial charge in [0.25, 0.3) is 0 Å². The maximum absolute atomic E-state index is 5.46. The van der Waals surface area contributed by atoms with Crippen LogP contribution in [-0.4, -0.2) is 41.7 Å². The Hall–Kier alpha value is 1.16. The van der Waals surface area contributed by atoms with E-state index >= 15 is 0 Å². The summed E-state index contributed by atoms with van der Waals surface area (Å²) in [6.45, 7) is 4.35. The summed E-state index contributed by atoms with van der Waals surface area (Å²) in [5.74, 6) is 0. The Balaban J connectivity index is 0. The second-order valence-corrected chi connectivity index (χ2v) is 6.02. The molecule has 0 aliphatic heterocycles. The van der Waals surface area contributed by atoms with Gasteiger partial charge in [-0.3, -0.25) is 0 Å². The molecule has 0 aliphatic carbocycles. The molecular weight excluding hydrogens is 387 g/mol. The quantitative estimate of drug-likeness (QED) is 0.125. The normalized spacial score (nSPS) is 11.0. The van der Waals surface area contributed by atoms with E-state index in [2.05, 4.69) is 19.1 Å². The molecule has 4 heteroatoms. The van der Waals surface area contributed by atoms with E-state index < -0.39 is 0 Å². The first-order valence-corrected chi connectivity index (χ1v) is 9.51. The first-order valence-electron chi connectivity index (χ1n) is 8.51. The van der Waals surface area contributed by atoms with Crippen LogP contribution in [0, 0.1) is 0 Å². The third kappa shape index (κ3) is 23.6. The van der Waals surface area contributed by atoms with Gasteiger partial charge in [-0.05, 0) is 0 Å². The molecule has 0 unspecified atom stereocenters. The first kappa shape index (κ1) is 24.4. The van der Waals surface area contributed by atoms with Crippen molar-refractivity contribution in [2.75, 3.05) is 20.0 Å². The zero-order chi connectivity index (χ0) is 14.7. The zero-order valence-corrected chi connectivity index (χ0v) is 17.5. The number of hydrogen-bond donors (Lipinski definition) is 0. The summed E-state index contributed by atoms with van der Waals surface area (Å²) >= 11 is 2.02. The number of rotatable bonds is 16. The molecule has 0 aromatic rings. The maximum Gasteiger partial charge on any atom is -1.00 e. The summed E-state index contributed by atoms with van der Waals surface area (Å²) in [6, 6.07) is 0. The molecule has 0 amide bonds. The van der Waals surface area contributed by atoms with Crippen LogP contribution in [0.2, 0.25) is 4.55 Å². The van der Waals surface area contributed by atoms with Gasteiger partial charge in [0.1, 0.15) is 0 Å². The number of allylic oxidation sites excluding steroid dienone is 1. The topological polar surface area (TPSA) is 18.5 Å². The Morgan fingerprint density at radius 3 is 2.00 bits per heavy atom. The molecule has 0 aliphatic rings. The summed E-state index contributed by atoms with van der Waals surface area (Å²) in [5, 5.41) is 0. The molecule has 0 aromatic heterocycles. The molecule has 0 N–H and O–H groups in total. The van der Waals surface area contributed by atoms with Crippen LogP contribution in [0.4, 0.5) is 0 Å². The minimum absolute atomic E-state index is 0. The van der Waals surface area contributed by atoms with Crippen molar-refractivity contribution in [3.8, 4) is 0 Å². The van der Waals surface area contributed by atoms with Gasteiger partial charge in [-0.2, -0.15) is 0 Å². The van der Waals surface area contributed by atoms with Gasteiger partial charge in [0.05, 0.1) is 0 Å². The van der Waals surface area contributed by atoms with Crippen molar-refractivity contribution in [2.45, 2.75) is 75.7 Å². The van der Waals surface area contributed by atoms with Gasteiger partial charge in [-0.15, -0.1) is 0 Å². The molecule has 0 spiro atoms. The number of halogens is 1. The molecule has 2 nitrogen and oxygen atoms in total. The van der Waals surface area contributed by atoms with Crippen molar-refractivity contribution in [1.82, 2.24) is 0 Å². The maximum atomic E-state index is 5.46. The molecule has 0 radical (unpaired) electrons. The SMILES string of the molecule is CCCCCCCCCCOCOCC/C=C/C[CH2][Mg+].[I-]. The van der Waals surface area contributed by atoms with Crippen LogP contribution < -0.4 is 24.0 Å². The van der Waals surface area contributed by atoms with Gasteiger partial charge in [-0.25, -0.2) is 0 Å². The molecule has 21 heavy (non-hydrogen) atoms. The Bertz CT molecular complexity index is 201. The molecule has 0 heterocycles. The molecule has 0 saturated heterocycles. The fraction of sp³-hybridized carbons (Fsp3) is 0.882. The number of unbranched alkanes of at least 4 members (excludes halogenated alkanes) is 7. The molecule has 0 aromatic carbocycles. The van der Waals surface area contributed by atoms with Crippen molar-refractivity contribution in [1.29, 1.82) is 0 Å². The van der Waals surface area contributed by atoms with Gasteiger partial charge >= 0.3 is 93.6 Å². The van der Waals surface area contributed by atoms with Crippen LogP contribution in [-0.2, 0) is 9.47 Å². The Kier molecular flexibility index (Phi) is 27.2. The van der Waals surface area contributed by atoms with Crippen LogP contribution in [0.15, 0.2) is 12.2 Å². The Morgan fingerprint density at radius 2 is 1.33 bits per heavy atom. The summed E-state index contributed by atoms with van der Waals surface area (Å²) in [7, 11) is 0. The second kappa shape index (κ2) is 23.4. The van der Waals surface area contributed by atoms with E-state index in [9.17, 15) is 0 Å². The van der Waals surface area contributed by atoms with Gasteiger partial charge in [0.15, 0.2) is 0 Å². The van der Waals surface area contributed by atoms with Crippen LogP contribution in [0.25, 0.3) is 0 Å². The summed E-state index contributed by atoms with van der Waals surface area (Å²) < 4.78 is 12.1. The summed E-state index contributed by atoms with van der Waals surface area (Å²) in [4.78, 5) is 0. The monoisotopic (exact) mass is 420 g/mol. The van der Waals surface area contributed by atoms with Crippen molar-refractivity contribution in [3.05, 3.63) is 12.2 Å². The molecule has 0 atom stereocenters. The van der Waals surface area contributed by atoms with Crippen LogP contribution >= 0.6 is 0 Å². The zero-order valence-electron chi connectivity index (χ0n) is 14.0. The molecular formula is C17H33IMgO2. The summed E-state index contributed by atoms with van der Waals surface area (Å²) in [5.41, 5.74) is 0. The van der Waals surface area contributed by atoms with E-state index in [1.165, 1.54) is 62.3 Å². The molecule has 122 valence electrons. The summed E-state index contributed by atoms with van der Waals surface area (Å²) in [6.07, 6.45) is 17.4. The Morgan fingerprint density at radius 1 is 0.762 bits per heavy atom. The number of ether oxygens (including phenoxy) is 2.